The molecule has 7 nitrogen and oxygen atoms in total. The normalized spacial score (nSPS) is 25.3. The summed E-state index contributed by atoms with van der Waals surface area (Å²) in [4.78, 5) is 17.0. The number of hydrogen-bond acceptors (Lipinski definition) is 6. The number of hydrogen-bond donors (Lipinski definition) is 3. The Bertz CT molecular complexity index is 808. The Morgan fingerprint density at radius 3 is 2.39 bits per heavy atom. The van der Waals surface area contributed by atoms with E-state index >= 15 is 0 Å². The second kappa shape index (κ2) is 9.46. The summed E-state index contributed by atoms with van der Waals surface area (Å²) in [5, 5.41) is 18.5. The maximum Gasteiger partial charge on any atom is 0.309 e. The van der Waals surface area contributed by atoms with E-state index in [2.05, 4.69) is 25.7 Å². The number of nitrogens with one attached hydrogen (secondary N) is 1. The fraction of sp³-hybridized carbons (Fsp3) is 0.652. The number of piperazine rings is 1. The summed E-state index contributed by atoms with van der Waals surface area (Å²) in [5.74, 6) is -0.246. The maximum absolute atomic E-state index is 12.2. The lowest BCUT2D eigenvalue weighted by Gasteiger charge is -2.44. The highest BCUT2D eigenvalue weighted by Gasteiger charge is 2.38. The number of benzene rings is 1. The summed E-state index contributed by atoms with van der Waals surface area (Å²) < 4.78 is 6.35. The molecule has 1 aliphatic heterocycles. The molecule has 0 atom stereocenters. The van der Waals surface area contributed by atoms with E-state index in [9.17, 15) is 9.90 Å². The maximum atomic E-state index is 12.2. The molecule has 2 fully saturated rings. The standard InChI is InChI=1S/C23H35BrN4O3/c1-22(2,3)31-20(29)15-23(30)8-6-17(7-9-23)27-10-12-28(13-11-27)19-5-4-16(21(25)26)14-18(19)24/h4-5,14,17,30H,6-13,15H2,1-3H3,(H3,25,26). The molecule has 1 heterocycles. The molecule has 172 valence electrons. The zero-order valence-corrected chi connectivity index (χ0v) is 20.4. The van der Waals surface area contributed by atoms with E-state index in [0.29, 0.717) is 18.9 Å². The SMILES string of the molecule is CC(C)(C)OC(=O)CC1(O)CCC(N2CCN(c3ccc(C(=N)N)cc3Br)CC2)CC1. The minimum absolute atomic E-state index is 0.0704. The van der Waals surface area contributed by atoms with Gasteiger partial charge in [-0.25, -0.2) is 0 Å². The molecular weight excluding hydrogens is 460 g/mol. The summed E-state index contributed by atoms with van der Waals surface area (Å²) in [7, 11) is 0. The van der Waals surface area contributed by atoms with Gasteiger partial charge >= 0.3 is 5.97 Å². The van der Waals surface area contributed by atoms with Crippen molar-refractivity contribution in [3.8, 4) is 0 Å². The lowest BCUT2D eigenvalue weighted by Crippen LogP contribution is -2.53. The third kappa shape index (κ3) is 6.43. The molecule has 1 aromatic rings. The summed E-state index contributed by atoms with van der Waals surface area (Å²) in [6, 6.07) is 6.26. The van der Waals surface area contributed by atoms with Crippen LogP contribution in [0.5, 0.6) is 0 Å². The van der Waals surface area contributed by atoms with E-state index < -0.39 is 11.2 Å². The molecule has 3 rings (SSSR count). The summed E-state index contributed by atoms with van der Waals surface area (Å²) in [6.07, 6.45) is 3.14. The largest absolute Gasteiger partial charge is 0.460 e. The lowest BCUT2D eigenvalue weighted by atomic mass is 9.79. The minimum Gasteiger partial charge on any atom is -0.460 e. The highest BCUT2D eigenvalue weighted by Crippen LogP contribution is 2.35. The molecule has 2 aliphatic rings. The van der Waals surface area contributed by atoms with Gasteiger partial charge in [0.25, 0.3) is 0 Å². The van der Waals surface area contributed by atoms with Gasteiger partial charge in [0.1, 0.15) is 11.4 Å². The van der Waals surface area contributed by atoms with Gasteiger partial charge in [-0.3, -0.25) is 15.1 Å². The van der Waals surface area contributed by atoms with Crippen LogP contribution in [-0.4, -0.2) is 65.2 Å². The lowest BCUT2D eigenvalue weighted by molar-refractivity contribution is -0.162. The summed E-state index contributed by atoms with van der Waals surface area (Å²) in [6.45, 7) is 9.34. The second-order valence-electron chi connectivity index (χ2n) is 9.82. The average molecular weight is 495 g/mol. The summed E-state index contributed by atoms with van der Waals surface area (Å²) in [5.41, 5.74) is 5.96. The van der Waals surface area contributed by atoms with E-state index in [1.54, 1.807) is 0 Å². The van der Waals surface area contributed by atoms with Crippen LogP contribution in [0.2, 0.25) is 0 Å². The van der Waals surface area contributed by atoms with Gasteiger partial charge in [-0.1, -0.05) is 0 Å². The molecule has 0 radical (unpaired) electrons. The minimum atomic E-state index is -0.940. The topological polar surface area (TPSA) is 103 Å². The van der Waals surface area contributed by atoms with Crippen molar-refractivity contribution in [3.63, 3.8) is 0 Å². The smallest absolute Gasteiger partial charge is 0.309 e. The van der Waals surface area contributed by atoms with Gasteiger partial charge in [0.15, 0.2) is 0 Å². The van der Waals surface area contributed by atoms with E-state index in [-0.39, 0.29) is 18.2 Å². The molecule has 0 amide bonds. The van der Waals surface area contributed by atoms with Crippen LogP contribution in [0.4, 0.5) is 5.69 Å². The number of carbonyl (C=O) groups is 1. The number of nitrogens with zero attached hydrogens (tertiary/aromatic N) is 2. The van der Waals surface area contributed by atoms with Crippen LogP contribution in [-0.2, 0) is 9.53 Å². The number of nitrogens with two attached hydrogens (primary N) is 1. The van der Waals surface area contributed by atoms with Crippen LogP contribution in [0.1, 0.15) is 58.4 Å². The number of nitrogen functional groups attached to an aromatic ring is 1. The van der Waals surface area contributed by atoms with Crippen molar-refractivity contribution in [3.05, 3.63) is 28.2 Å². The van der Waals surface area contributed by atoms with Crippen molar-refractivity contribution in [2.45, 2.75) is 70.1 Å². The number of amidine groups is 1. The van der Waals surface area contributed by atoms with Crippen molar-refractivity contribution >= 4 is 33.4 Å². The van der Waals surface area contributed by atoms with E-state index in [1.165, 1.54) is 0 Å². The number of esters is 1. The van der Waals surface area contributed by atoms with E-state index in [0.717, 1.165) is 54.7 Å². The molecule has 0 aromatic heterocycles. The molecule has 1 saturated heterocycles. The first kappa shape index (κ1) is 24.0. The van der Waals surface area contributed by atoms with Crippen LogP contribution < -0.4 is 10.6 Å². The van der Waals surface area contributed by atoms with E-state index in [4.69, 9.17) is 15.9 Å². The Kier molecular flexibility index (Phi) is 7.33. The van der Waals surface area contributed by atoms with Gasteiger partial charge in [-0.05, 0) is 80.6 Å². The highest BCUT2D eigenvalue weighted by molar-refractivity contribution is 9.10. The van der Waals surface area contributed by atoms with Crippen LogP contribution >= 0.6 is 15.9 Å². The fourth-order valence-electron chi connectivity index (χ4n) is 4.59. The van der Waals surface area contributed by atoms with Crippen LogP contribution in [0.15, 0.2) is 22.7 Å². The third-order valence-electron chi connectivity index (χ3n) is 6.21. The Morgan fingerprint density at radius 1 is 1.26 bits per heavy atom. The van der Waals surface area contributed by atoms with Crippen molar-refractivity contribution in [1.82, 2.24) is 4.90 Å². The zero-order valence-electron chi connectivity index (χ0n) is 18.8. The first-order chi connectivity index (χ1) is 14.5. The van der Waals surface area contributed by atoms with Gasteiger partial charge in [0.05, 0.1) is 17.7 Å². The summed E-state index contributed by atoms with van der Waals surface area (Å²) >= 11 is 3.62. The molecule has 0 bridgehead atoms. The number of halogens is 1. The van der Waals surface area contributed by atoms with E-state index in [1.807, 2.05) is 39.0 Å². The Morgan fingerprint density at radius 2 is 1.87 bits per heavy atom. The van der Waals surface area contributed by atoms with Crippen molar-refractivity contribution in [2.75, 3.05) is 31.1 Å². The van der Waals surface area contributed by atoms with Gasteiger partial charge in [0, 0.05) is 42.3 Å². The number of anilines is 1. The average Bonchev–Trinajstić information content (AvgIpc) is 2.67. The quantitative estimate of drug-likeness (QED) is 0.329. The Hall–Kier alpha value is -1.64. The Labute approximate surface area is 193 Å². The molecule has 0 spiro atoms. The predicted octanol–water partition coefficient (Wildman–Crippen LogP) is 3.26. The van der Waals surface area contributed by atoms with Crippen LogP contribution in [0.3, 0.4) is 0 Å². The monoisotopic (exact) mass is 494 g/mol. The third-order valence-corrected chi connectivity index (χ3v) is 6.84. The molecule has 0 unspecified atom stereocenters. The molecule has 31 heavy (non-hydrogen) atoms. The predicted molar refractivity (Wildman–Crippen MR) is 127 cm³/mol. The number of aliphatic hydroxyl groups is 1. The number of ether oxygens (including phenoxy) is 1. The molecule has 8 heteroatoms. The zero-order chi connectivity index (χ0) is 22.8. The molecule has 1 aromatic carbocycles. The van der Waals surface area contributed by atoms with Gasteiger partial charge < -0.3 is 20.5 Å². The van der Waals surface area contributed by atoms with Gasteiger partial charge in [-0.15, -0.1) is 0 Å². The molecule has 1 aliphatic carbocycles. The second-order valence-corrected chi connectivity index (χ2v) is 10.7. The number of carbonyl (C=O) groups excluding carboxylic acids is 1. The number of rotatable bonds is 5. The first-order valence-corrected chi connectivity index (χ1v) is 11.8. The molecular formula is C23H35BrN4O3. The van der Waals surface area contributed by atoms with Gasteiger partial charge in [0.2, 0.25) is 0 Å². The van der Waals surface area contributed by atoms with Crippen molar-refractivity contribution in [2.24, 2.45) is 5.73 Å². The molecule has 1 saturated carbocycles. The highest BCUT2D eigenvalue weighted by atomic mass is 79.9. The van der Waals surface area contributed by atoms with Crippen LogP contribution in [0.25, 0.3) is 0 Å². The molecule has 4 N–H and O–H groups in total. The first-order valence-electron chi connectivity index (χ1n) is 11.0. The van der Waals surface area contributed by atoms with Crippen molar-refractivity contribution in [1.29, 1.82) is 5.41 Å². The van der Waals surface area contributed by atoms with Crippen LogP contribution in [0, 0.1) is 5.41 Å². The van der Waals surface area contributed by atoms with Crippen molar-refractivity contribution < 1.29 is 14.6 Å². The van der Waals surface area contributed by atoms with Gasteiger partial charge in [-0.2, -0.15) is 0 Å². The fourth-order valence-corrected chi connectivity index (χ4v) is 5.22. The Balaban J connectivity index is 1.49.